The number of hydrogen-bond donors (Lipinski definition) is 1. The molecule has 0 amide bonds. The van der Waals surface area contributed by atoms with Crippen molar-refractivity contribution >= 4 is 0 Å². The summed E-state index contributed by atoms with van der Waals surface area (Å²) >= 11 is 0. The van der Waals surface area contributed by atoms with Crippen molar-refractivity contribution in [3.63, 3.8) is 0 Å². The monoisotopic (exact) mass is 247 g/mol. The van der Waals surface area contributed by atoms with Crippen LogP contribution in [-0.4, -0.2) is 29.7 Å². The van der Waals surface area contributed by atoms with Gasteiger partial charge in [0.25, 0.3) is 0 Å². The molecule has 0 unspecified atom stereocenters. The third-order valence-corrected chi connectivity index (χ3v) is 3.11. The van der Waals surface area contributed by atoms with Crippen LogP contribution < -0.4 is 0 Å². The summed E-state index contributed by atoms with van der Waals surface area (Å²) in [6.07, 6.45) is 2.87. The van der Waals surface area contributed by atoms with Gasteiger partial charge >= 0.3 is 0 Å². The number of halogens is 1. The molecule has 0 aliphatic heterocycles. The van der Waals surface area contributed by atoms with Crippen molar-refractivity contribution in [1.29, 1.82) is 0 Å². The predicted molar refractivity (Wildman–Crippen MR) is 69.5 cm³/mol. The van der Waals surface area contributed by atoms with E-state index in [0.717, 1.165) is 5.56 Å². The van der Waals surface area contributed by atoms with Crippen LogP contribution in [0.25, 0.3) is 0 Å². The fraction of sp³-hybridized carbons (Fsp3) is 0.467. The van der Waals surface area contributed by atoms with Crippen LogP contribution in [0.3, 0.4) is 0 Å². The van der Waals surface area contributed by atoms with Gasteiger partial charge < -0.3 is 5.11 Å². The largest absolute Gasteiger partial charge is 0.395 e. The van der Waals surface area contributed by atoms with Gasteiger partial charge in [0.05, 0.1) is 6.61 Å². The van der Waals surface area contributed by atoms with Crippen molar-refractivity contribution in [1.82, 2.24) is 4.90 Å². The van der Waals surface area contributed by atoms with E-state index in [2.05, 4.69) is 16.7 Å². The fourth-order valence-electron chi connectivity index (χ4n) is 1.89. The standard InChI is InChI=1S/C15H18FNO/c1-17(14-7-8-14)11-13-6-5-12(10-15(13)16)4-2-3-9-18/h5-6,10,14,18H,3,7-9,11H2,1H3. The molecule has 1 aliphatic carbocycles. The fourth-order valence-corrected chi connectivity index (χ4v) is 1.89. The van der Waals surface area contributed by atoms with Crippen molar-refractivity contribution in [3.8, 4) is 11.8 Å². The first-order valence-corrected chi connectivity index (χ1v) is 6.29. The average Bonchev–Trinajstić information content (AvgIpc) is 3.17. The molecule has 0 radical (unpaired) electrons. The van der Waals surface area contributed by atoms with E-state index in [0.29, 0.717) is 24.6 Å². The molecule has 0 saturated heterocycles. The quantitative estimate of drug-likeness (QED) is 0.824. The van der Waals surface area contributed by atoms with Crippen molar-refractivity contribution in [3.05, 3.63) is 35.1 Å². The molecule has 0 heterocycles. The van der Waals surface area contributed by atoms with Gasteiger partial charge in [-0.15, -0.1) is 0 Å². The molecule has 0 aromatic heterocycles. The van der Waals surface area contributed by atoms with Crippen LogP contribution in [0, 0.1) is 17.7 Å². The first-order valence-electron chi connectivity index (χ1n) is 6.29. The summed E-state index contributed by atoms with van der Waals surface area (Å²) in [5, 5.41) is 8.62. The smallest absolute Gasteiger partial charge is 0.128 e. The zero-order valence-electron chi connectivity index (χ0n) is 10.6. The average molecular weight is 247 g/mol. The Morgan fingerprint density at radius 2 is 2.22 bits per heavy atom. The Bertz CT molecular complexity index is 471. The molecule has 3 heteroatoms. The summed E-state index contributed by atoms with van der Waals surface area (Å²) in [4.78, 5) is 2.19. The highest BCUT2D eigenvalue weighted by Gasteiger charge is 2.26. The van der Waals surface area contributed by atoms with Crippen molar-refractivity contribution in [2.45, 2.75) is 31.8 Å². The highest BCUT2D eigenvalue weighted by molar-refractivity contribution is 5.37. The second-order valence-corrected chi connectivity index (χ2v) is 4.73. The van der Waals surface area contributed by atoms with Crippen molar-refractivity contribution < 1.29 is 9.50 Å². The van der Waals surface area contributed by atoms with Crippen LogP contribution in [0.5, 0.6) is 0 Å². The maximum atomic E-state index is 13.9. The molecule has 96 valence electrons. The van der Waals surface area contributed by atoms with Gasteiger partial charge in [0, 0.05) is 30.1 Å². The third kappa shape index (κ3) is 3.56. The molecule has 0 bridgehead atoms. The third-order valence-electron chi connectivity index (χ3n) is 3.11. The number of nitrogens with zero attached hydrogens (tertiary/aromatic N) is 1. The molecule has 1 aromatic rings. The molecule has 1 fully saturated rings. The van der Waals surface area contributed by atoms with Crippen LogP contribution in [0.4, 0.5) is 4.39 Å². The molecule has 1 aliphatic rings. The molecule has 2 rings (SSSR count). The van der Waals surface area contributed by atoms with Crippen LogP contribution in [0.2, 0.25) is 0 Å². The topological polar surface area (TPSA) is 23.5 Å². The van der Waals surface area contributed by atoms with E-state index < -0.39 is 0 Å². The van der Waals surface area contributed by atoms with Crippen LogP contribution in [-0.2, 0) is 6.54 Å². The second-order valence-electron chi connectivity index (χ2n) is 4.73. The van der Waals surface area contributed by atoms with Crippen LogP contribution in [0.1, 0.15) is 30.4 Å². The number of aliphatic hydroxyl groups excluding tert-OH is 1. The van der Waals surface area contributed by atoms with E-state index in [1.807, 2.05) is 13.1 Å². The lowest BCUT2D eigenvalue weighted by Gasteiger charge is -2.16. The highest BCUT2D eigenvalue weighted by Crippen LogP contribution is 2.27. The Labute approximate surface area is 107 Å². The molecule has 1 N–H and O–H groups in total. The maximum Gasteiger partial charge on any atom is 0.128 e. The SMILES string of the molecule is CN(Cc1ccc(C#CCCO)cc1F)C1CC1. The zero-order valence-corrected chi connectivity index (χ0v) is 10.6. The number of hydrogen-bond acceptors (Lipinski definition) is 2. The van der Waals surface area contributed by atoms with Crippen LogP contribution >= 0.6 is 0 Å². The van der Waals surface area contributed by atoms with Crippen molar-refractivity contribution in [2.24, 2.45) is 0 Å². The van der Waals surface area contributed by atoms with E-state index in [-0.39, 0.29) is 12.4 Å². The molecule has 0 spiro atoms. The van der Waals surface area contributed by atoms with Gasteiger partial charge in [-0.2, -0.15) is 0 Å². The molecular formula is C15H18FNO. The van der Waals surface area contributed by atoms with E-state index in [1.54, 1.807) is 6.07 Å². The molecule has 1 aromatic carbocycles. The lowest BCUT2D eigenvalue weighted by atomic mass is 10.1. The second kappa shape index (κ2) is 5.99. The van der Waals surface area contributed by atoms with Gasteiger partial charge in [-0.25, -0.2) is 4.39 Å². The first kappa shape index (κ1) is 13.1. The Morgan fingerprint density at radius 3 is 2.83 bits per heavy atom. The summed E-state index contributed by atoms with van der Waals surface area (Å²) < 4.78 is 13.9. The Morgan fingerprint density at radius 1 is 1.44 bits per heavy atom. The zero-order chi connectivity index (χ0) is 13.0. The van der Waals surface area contributed by atoms with Gasteiger partial charge in [0.1, 0.15) is 5.82 Å². The Hall–Kier alpha value is -1.37. The van der Waals surface area contributed by atoms with E-state index >= 15 is 0 Å². The normalized spacial score (nSPS) is 14.4. The van der Waals surface area contributed by atoms with E-state index in [1.165, 1.54) is 18.9 Å². The predicted octanol–water partition coefficient (Wildman–Crippen LogP) is 2.15. The van der Waals surface area contributed by atoms with Gasteiger partial charge in [-0.05, 0) is 32.0 Å². The van der Waals surface area contributed by atoms with E-state index in [4.69, 9.17) is 5.11 Å². The Kier molecular flexibility index (Phi) is 4.35. The first-order chi connectivity index (χ1) is 8.70. The Balaban J connectivity index is 2.02. The van der Waals surface area contributed by atoms with Gasteiger partial charge in [-0.1, -0.05) is 17.9 Å². The molecule has 18 heavy (non-hydrogen) atoms. The molecule has 2 nitrogen and oxygen atoms in total. The van der Waals surface area contributed by atoms with E-state index in [9.17, 15) is 4.39 Å². The summed E-state index contributed by atoms with van der Waals surface area (Å²) in [5.74, 6) is 5.43. The summed E-state index contributed by atoms with van der Waals surface area (Å²) in [6, 6.07) is 5.75. The van der Waals surface area contributed by atoms with Gasteiger partial charge in [-0.3, -0.25) is 4.90 Å². The van der Waals surface area contributed by atoms with Crippen LogP contribution in [0.15, 0.2) is 18.2 Å². The lowest BCUT2D eigenvalue weighted by Crippen LogP contribution is -2.20. The number of benzene rings is 1. The van der Waals surface area contributed by atoms with Gasteiger partial charge in [0.2, 0.25) is 0 Å². The minimum Gasteiger partial charge on any atom is -0.395 e. The minimum atomic E-state index is -0.196. The maximum absolute atomic E-state index is 13.9. The molecule has 0 atom stereocenters. The molecule has 1 saturated carbocycles. The summed E-state index contributed by atoms with van der Waals surface area (Å²) in [5.41, 5.74) is 1.39. The summed E-state index contributed by atoms with van der Waals surface area (Å²) in [7, 11) is 2.03. The molecular weight excluding hydrogens is 229 g/mol. The lowest BCUT2D eigenvalue weighted by molar-refractivity contribution is 0.305. The number of aliphatic hydroxyl groups is 1. The summed E-state index contributed by atoms with van der Waals surface area (Å²) in [6.45, 7) is 0.695. The highest BCUT2D eigenvalue weighted by atomic mass is 19.1. The van der Waals surface area contributed by atoms with Gasteiger partial charge in [0.15, 0.2) is 0 Å². The minimum absolute atomic E-state index is 0.0414. The number of rotatable bonds is 4. The van der Waals surface area contributed by atoms with Crippen molar-refractivity contribution in [2.75, 3.05) is 13.7 Å².